The van der Waals surface area contributed by atoms with E-state index in [4.69, 9.17) is 18.9 Å². The number of nitrogens with zero attached hydrogens (tertiary/aromatic N) is 2. The molecule has 2 atom stereocenters. The smallest absolute Gasteiger partial charge is 0.239 e. The predicted octanol–water partition coefficient (Wildman–Crippen LogP) is 3.70. The number of rotatable bonds is 6. The molecule has 0 unspecified atom stereocenters. The molecule has 1 N–H and O–H groups in total. The number of likely N-dealkylation sites (tertiary alicyclic amines) is 1. The molecule has 0 radical (unpaired) electrons. The summed E-state index contributed by atoms with van der Waals surface area (Å²) in [6, 6.07) is 12.9. The van der Waals surface area contributed by atoms with E-state index in [-0.39, 0.29) is 42.2 Å². The Hall–Kier alpha value is -3.63. The molecule has 2 aromatic carbocycles. The third-order valence-electron chi connectivity index (χ3n) is 8.61. The van der Waals surface area contributed by atoms with Crippen molar-refractivity contribution in [1.82, 2.24) is 15.1 Å². The van der Waals surface area contributed by atoms with E-state index in [0.29, 0.717) is 69.4 Å². The summed E-state index contributed by atoms with van der Waals surface area (Å²) < 4.78 is 23.4. The topological polar surface area (TPSA) is 107 Å². The van der Waals surface area contributed by atoms with Gasteiger partial charge in [-0.15, -0.1) is 0 Å². The van der Waals surface area contributed by atoms with Crippen molar-refractivity contribution in [2.75, 3.05) is 47.0 Å². The Morgan fingerprint density at radius 1 is 1.09 bits per heavy atom. The van der Waals surface area contributed by atoms with Crippen molar-refractivity contribution in [3.63, 3.8) is 0 Å². The fourth-order valence-electron chi connectivity index (χ4n) is 5.74. The third kappa shape index (κ3) is 7.86. The van der Waals surface area contributed by atoms with Gasteiger partial charge in [0.1, 0.15) is 5.75 Å². The van der Waals surface area contributed by atoms with Crippen molar-refractivity contribution < 1.29 is 33.3 Å². The first-order valence-corrected chi connectivity index (χ1v) is 15.2. The number of hydrogen-bond donors (Lipinski definition) is 1. The van der Waals surface area contributed by atoms with Gasteiger partial charge in [-0.05, 0) is 67.5 Å². The molecule has 10 nitrogen and oxygen atoms in total. The highest BCUT2D eigenvalue weighted by Crippen LogP contribution is 2.47. The Kier molecular flexibility index (Phi) is 9.87. The number of carbonyl (C=O) groups excluding carboxylic acids is 3. The van der Waals surface area contributed by atoms with Crippen LogP contribution in [0.1, 0.15) is 50.2 Å². The molecule has 1 saturated carbocycles. The third-order valence-corrected chi connectivity index (χ3v) is 8.61. The number of nitrogens with one attached hydrogen (secondary N) is 1. The van der Waals surface area contributed by atoms with Gasteiger partial charge >= 0.3 is 0 Å². The SMILES string of the molecule is COCCCN1CC(=O)N[C@H]2CN(C(=O)C3(C)CC3)CC[C@H]2OCc2cccc(c2)Oc2ccc(cc2OC)CCC1=O. The minimum absolute atomic E-state index is 0.0738. The van der Waals surface area contributed by atoms with E-state index in [0.717, 1.165) is 24.0 Å². The van der Waals surface area contributed by atoms with E-state index < -0.39 is 6.04 Å². The zero-order chi connectivity index (χ0) is 30.4. The molecule has 6 rings (SSSR count). The van der Waals surface area contributed by atoms with Crippen LogP contribution >= 0.6 is 0 Å². The Morgan fingerprint density at radius 3 is 2.70 bits per heavy atom. The number of aryl methyl sites for hydroxylation is 1. The monoisotopic (exact) mass is 593 g/mol. The number of benzene rings is 2. The van der Waals surface area contributed by atoms with E-state index in [1.165, 1.54) is 0 Å². The summed E-state index contributed by atoms with van der Waals surface area (Å²) in [7, 11) is 3.21. The molecule has 43 heavy (non-hydrogen) atoms. The first-order valence-electron chi connectivity index (χ1n) is 15.2. The molecule has 3 amide bonds. The zero-order valence-electron chi connectivity index (χ0n) is 25.4. The number of piperidine rings is 1. The predicted molar refractivity (Wildman–Crippen MR) is 160 cm³/mol. The summed E-state index contributed by atoms with van der Waals surface area (Å²) >= 11 is 0. The average Bonchev–Trinajstić information content (AvgIpc) is 3.76. The molecule has 2 fully saturated rings. The van der Waals surface area contributed by atoms with Gasteiger partial charge in [0.2, 0.25) is 17.7 Å². The van der Waals surface area contributed by atoms with Gasteiger partial charge in [-0.1, -0.05) is 25.1 Å². The Bertz CT molecular complexity index is 1310. The molecule has 3 aliphatic heterocycles. The van der Waals surface area contributed by atoms with Crippen LogP contribution in [0.5, 0.6) is 17.2 Å². The molecule has 0 spiro atoms. The number of fused-ring (bicyclic) bond motifs is 9. The van der Waals surface area contributed by atoms with E-state index in [9.17, 15) is 14.4 Å². The molecule has 3 heterocycles. The van der Waals surface area contributed by atoms with E-state index >= 15 is 0 Å². The van der Waals surface area contributed by atoms with Crippen LogP contribution in [0, 0.1) is 5.41 Å². The first-order chi connectivity index (χ1) is 20.8. The lowest BCUT2D eigenvalue weighted by Crippen LogP contribution is -2.59. The number of hydrogen-bond acceptors (Lipinski definition) is 7. The molecule has 4 bridgehead atoms. The van der Waals surface area contributed by atoms with Crippen LogP contribution < -0.4 is 14.8 Å². The molecule has 1 saturated heterocycles. The van der Waals surface area contributed by atoms with Crippen molar-refractivity contribution >= 4 is 17.7 Å². The van der Waals surface area contributed by atoms with Crippen molar-refractivity contribution in [3.05, 3.63) is 53.6 Å². The van der Waals surface area contributed by atoms with Crippen LogP contribution in [0.25, 0.3) is 0 Å². The largest absolute Gasteiger partial charge is 0.493 e. The number of amides is 3. The fourth-order valence-corrected chi connectivity index (χ4v) is 5.74. The normalized spacial score (nSPS) is 22.4. The van der Waals surface area contributed by atoms with Crippen LogP contribution in [0.2, 0.25) is 0 Å². The van der Waals surface area contributed by atoms with Gasteiger partial charge in [-0.2, -0.15) is 0 Å². The standard InChI is InChI=1S/C33H43N3O7/c1-33(13-14-33)32(39)36-16-12-27-26(20-36)34-30(37)21-35(15-5-17-40-2)31(38)11-9-23-8-10-28(29(19-23)41-3)43-25-7-4-6-24(18-25)22-42-27/h4,6-8,10,18-19,26-27H,5,9,11-17,20-22H2,1-3H3,(H,34,37)/t26-,27+/m0/s1. The second-order valence-corrected chi connectivity index (χ2v) is 12.0. The molecule has 4 aliphatic rings. The highest BCUT2D eigenvalue weighted by molar-refractivity contribution is 5.86. The Morgan fingerprint density at radius 2 is 1.93 bits per heavy atom. The molecular formula is C33H43N3O7. The highest BCUT2D eigenvalue weighted by Gasteiger charge is 2.48. The fraction of sp³-hybridized carbons (Fsp3) is 0.545. The number of methoxy groups -OCH3 is 2. The lowest BCUT2D eigenvalue weighted by molar-refractivity contribution is -0.142. The maximum absolute atomic E-state index is 13.4. The van der Waals surface area contributed by atoms with Crippen LogP contribution in [-0.4, -0.2) is 86.7 Å². The quantitative estimate of drug-likeness (QED) is 0.509. The summed E-state index contributed by atoms with van der Waals surface area (Å²) in [5.41, 5.74) is 1.56. The van der Waals surface area contributed by atoms with Crippen molar-refractivity contribution in [2.45, 2.75) is 64.2 Å². The van der Waals surface area contributed by atoms with Gasteiger partial charge in [0.05, 0.1) is 32.4 Å². The summed E-state index contributed by atoms with van der Waals surface area (Å²) in [6.07, 6.45) is 3.43. The first kappa shape index (κ1) is 30.8. The van der Waals surface area contributed by atoms with E-state index in [1.807, 2.05) is 54.3 Å². The van der Waals surface area contributed by atoms with Crippen molar-refractivity contribution in [3.8, 4) is 17.2 Å². The lowest BCUT2D eigenvalue weighted by Gasteiger charge is -2.40. The minimum atomic E-state index is -0.399. The van der Waals surface area contributed by atoms with Crippen molar-refractivity contribution in [1.29, 1.82) is 0 Å². The minimum Gasteiger partial charge on any atom is -0.493 e. The second kappa shape index (κ2) is 13.8. The number of carbonyl (C=O) groups is 3. The van der Waals surface area contributed by atoms with E-state index in [1.54, 1.807) is 19.1 Å². The molecule has 1 aliphatic carbocycles. The van der Waals surface area contributed by atoms with Crippen LogP contribution in [0.3, 0.4) is 0 Å². The Labute approximate surface area is 253 Å². The summed E-state index contributed by atoms with van der Waals surface area (Å²) in [5.74, 6) is 1.55. The number of ether oxygens (including phenoxy) is 4. The summed E-state index contributed by atoms with van der Waals surface area (Å²) in [6.45, 7) is 4.08. The van der Waals surface area contributed by atoms with Crippen molar-refractivity contribution in [2.24, 2.45) is 5.41 Å². The van der Waals surface area contributed by atoms with Gasteiger partial charge in [0.15, 0.2) is 11.5 Å². The molecule has 2 aromatic rings. The van der Waals surface area contributed by atoms with Crippen LogP contribution in [-0.2, 0) is 36.9 Å². The molecule has 10 heteroatoms. The molecule has 0 aromatic heterocycles. The van der Waals surface area contributed by atoms with Gasteiger partial charge < -0.3 is 34.1 Å². The summed E-state index contributed by atoms with van der Waals surface area (Å²) in [4.78, 5) is 43.5. The average molecular weight is 594 g/mol. The van der Waals surface area contributed by atoms with Gasteiger partial charge in [-0.3, -0.25) is 14.4 Å². The molecular weight excluding hydrogens is 550 g/mol. The van der Waals surface area contributed by atoms with E-state index in [2.05, 4.69) is 5.32 Å². The Balaban J connectivity index is 1.40. The molecule has 232 valence electrons. The van der Waals surface area contributed by atoms with Gasteiger partial charge in [0, 0.05) is 45.2 Å². The van der Waals surface area contributed by atoms with Crippen LogP contribution in [0.15, 0.2) is 42.5 Å². The summed E-state index contributed by atoms with van der Waals surface area (Å²) in [5, 5.41) is 3.12. The maximum atomic E-state index is 13.4. The zero-order valence-corrected chi connectivity index (χ0v) is 25.4. The maximum Gasteiger partial charge on any atom is 0.239 e. The van der Waals surface area contributed by atoms with Gasteiger partial charge in [-0.25, -0.2) is 0 Å². The highest BCUT2D eigenvalue weighted by atomic mass is 16.5. The van der Waals surface area contributed by atoms with Gasteiger partial charge in [0.25, 0.3) is 0 Å². The lowest BCUT2D eigenvalue weighted by atomic mass is 9.99. The second-order valence-electron chi connectivity index (χ2n) is 12.0. The van der Waals surface area contributed by atoms with Crippen LogP contribution in [0.4, 0.5) is 0 Å².